The van der Waals surface area contributed by atoms with Crippen molar-refractivity contribution < 1.29 is 4.79 Å². The van der Waals surface area contributed by atoms with Crippen LogP contribution in [0.2, 0.25) is 0 Å². The molecule has 13 heavy (non-hydrogen) atoms. The molecule has 0 aromatic carbocycles. The highest BCUT2D eigenvalue weighted by molar-refractivity contribution is 9.08. The Labute approximate surface area is 84.9 Å². The first kappa shape index (κ1) is 10.1. The van der Waals surface area contributed by atoms with Crippen LogP contribution in [-0.2, 0) is 10.1 Å². The molecule has 0 spiro atoms. The molecule has 0 fully saturated rings. The number of rotatable bonds is 2. The minimum atomic E-state index is -0.125. The summed E-state index contributed by atoms with van der Waals surface area (Å²) in [6.07, 6.45) is 1.70. The van der Waals surface area contributed by atoms with Gasteiger partial charge in [0.2, 0.25) is 5.91 Å². The maximum atomic E-state index is 10.8. The molecule has 1 amide bonds. The molecule has 1 aromatic rings. The molecule has 0 aliphatic heterocycles. The average Bonchev–Trinajstić information content (AvgIpc) is 2.03. The van der Waals surface area contributed by atoms with E-state index in [-0.39, 0.29) is 5.91 Å². The van der Waals surface area contributed by atoms with Gasteiger partial charge in [0.25, 0.3) is 0 Å². The molecule has 1 N–H and O–H groups in total. The third kappa shape index (κ3) is 2.77. The van der Waals surface area contributed by atoms with Gasteiger partial charge in [-0.15, -0.1) is 0 Å². The molecule has 0 saturated heterocycles. The van der Waals surface area contributed by atoms with Crippen LogP contribution in [0.15, 0.2) is 6.20 Å². The van der Waals surface area contributed by atoms with Gasteiger partial charge in [0.15, 0.2) is 0 Å². The van der Waals surface area contributed by atoms with E-state index >= 15 is 0 Å². The van der Waals surface area contributed by atoms with Crippen LogP contribution < -0.4 is 5.32 Å². The number of hydrogen-bond acceptors (Lipinski definition) is 3. The molecule has 1 heterocycles. The molecule has 0 bridgehead atoms. The van der Waals surface area contributed by atoms with Crippen molar-refractivity contribution in [1.82, 2.24) is 9.97 Å². The van der Waals surface area contributed by atoms with Crippen LogP contribution in [0, 0.1) is 6.92 Å². The van der Waals surface area contributed by atoms with Crippen molar-refractivity contribution in [3.8, 4) is 0 Å². The topological polar surface area (TPSA) is 54.9 Å². The number of aromatic nitrogens is 2. The highest BCUT2D eigenvalue weighted by Crippen LogP contribution is 2.14. The second kappa shape index (κ2) is 4.32. The average molecular weight is 244 g/mol. The first-order valence-electron chi connectivity index (χ1n) is 3.79. The summed E-state index contributed by atoms with van der Waals surface area (Å²) in [6.45, 7) is 3.23. The minimum Gasteiger partial charge on any atom is -0.311 e. The lowest BCUT2D eigenvalue weighted by Crippen LogP contribution is -2.10. The SMILES string of the molecule is CC(=O)Nc1nc(C)ncc1CBr. The molecular weight excluding hydrogens is 234 g/mol. The van der Waals surface area contributed by atoms with E-state index < -0.39 is 0 Å². The highest BCUT2D eigenvalue weighted by atomic mass is 79.9. The second-order valence-corrected chi connectivity index (χ2v) is 3.17. The Kier molecular flexibility index (Phi) is 3.36. The molecular formula is C8H10BrN3O. The van der Waals surface area contributed by atoms with E-state index in [1.54, 1.807) is 13.1 Å². The molecule has 4 nitrogen and oxygen atoms in total. The van der Waals surface area contributed by atoms with E-state index in [9.17, 15) is 4.79 Å². The van der Waals surface area contributed by atoms with Crippen molar-refractivity contribution in [1.29, 1.82) is 0 Å². The number of alkyl halides is 1. The summed E-state index contributed by atoms with van der Waals surface area (Å²) in [5.41, 5.74) is 0.876. The Morgan fingerprint density at radius 3 is 2.92 bits per heavy atom. The van der Waals surface area contributed by atoms with Gasteiger partial charge in [-0.3, -0.25) is 4.79 Å². The summed E-state index contributed by atoms with van der Waals surface area (Å²) in [5, 5.41) is 3.27. The van der Waals surface area contributed by atoms with E-state index in [0.29, 0.717) is 17.0 Å². The van der Waals surface area contributed by atoms with Crippen LogP contribution in [0.25, 0.3) is 0 Å². The number of hydrogen-bond donors (Lipinski definition) is 1. The van der Waals surface area contributed by atoms with Crippen molar-refractivity contribution in [2.24, 2.45) is 0 Å². The van der Waals surface area contributed by atoms with Crippen molar-refractivity contribution >= 4 is 27.7 Å². The predicted molar refractivity (Wildman–Crippen MR) is 53.7 cm³/mol. The van der Waals surface area contributed by atoms with Gasteiger partial charge in [-0.25, -0.2) is 9.97 Å². The molecule has 0 saturated carbocycles. The second-order valence-electron chi connectivity index (χ2n) is 2.61. The van der Waals surface area contributed by atoms with Crippen LogP contribution in [0.3, 0.4) is 0 Å². The Morgan fingerprint density at radius 1 is 1.69 bits per heavy atom. The molecule has 1 aromatic heterocycles. The largest absolute Gasteiger partial charge is 0.311 e. The van der Waals surface area contributed by atoms with Gasteiger partial charge in [0.1, 0.15) is 11.6 Å². The number of halogens is 1. The van der Waals surface area contributed by atoms with Gasteiger partial charge < -0.3 is 5.32 Å². The standard InChI is InChI=1S/C8H10BrN3O/c1-5-10-4-7(3-9)8(11-5)12-6(2)13/h4H,3H2,1-2H3,(H,10,11,12,13). The number of carbonyl (C=O) groups is 1. The van der Waals surface area contributed by atoms with Gasteiger partial charge in [0.05, 0.1) is 0 Å². The first-order chi connectivity index (χ1) is 6.13. The molecule has 5 heteroatoms. The molecule has 0 atom stereocenters. The number of aryl methyl sites for hydroxylation is 1. The maximum Gasteiger partial charge on any atom is 0.222 e. The predicted octanol–water partition coefficient (Wildman–Crippen LogP) is 1.64. The zero-order valence-corrected chi connectivity index (χ0v) is 9.05. The molecule has 0 aliphatic rings. The van der Waals surface area contributed by atoms with Crippen LogP contribution in [0.4, 0.5) is 5.82 Å². The fraction of sp³-hybridized carbons (Fsp3) is 0.375. The van der Waals surface area contributed by atoms with E-state index in [4.69, 9.17) is 0 Å². The number of anilines is 1. The Bertz CT molecular complexity index is 327. The lowest BCUT2D eigenvalue weighted by atomic mass is 10.3. The van der Waals surface area contributed by atoms with Gasteiger partial charge >= 0.3 is 0 Å². The Balaban J connectivity index is 3.01. The van der Waals surface area contributed by atoms with Crippen LogP contribution in [-0.4, -0.2) is 15.9 Å². The van der Waals surface area contributed by atoms with Crippen molar-refractivity contribution in [3.63, 3.8) is 0 Å². The fourth-order valence-corrected chi connectivity index (χ4v) is 1.28. The Hall–Kier alpha value is -0.970. The normalized spacial score (nSPS) is 9.77. The fourth-order valence-electron chi connectivity index (χ4n) is 0.868. The third-order valence-electron chi connectivity index (χ3n) is 1.42. The smallest absolute Gasteiger partial charge is 0.222 e. The van der Waals surface area contributed by atoms with Crippen molar-refractivity contribution in [2.75, 3.05) is 5.32 Å². The molecule has 70 valence electrons. The number of amides is 1. The lowest BCUT2D eigenvalue weighted by molar-refractivity contribution is -0.114. The van der Waals surface area contributed by atoms with Gasteiger partial charge in [0, 0.05) is 24.0 Å². The van der Waals surface area contributed by atoms with Gasteiger partial charge in [-0.2, -0.15) is 0 Å². The zero-order valence-electron chi connectivity index (χ0n) is 7.47. The molecule has 0 radical (unpaired) electrons. The Morgan fingerprint density at radius 2 is 2.38 bits per heavy atom. The summed E-state index contributed by atoms with van der Waals surface area (Å²) in [5.74, 6) is 1.10. The summed E-state index contributed by atoms with van der Waals surface area (Å²) >= 11 is 3.29. The number of nitrogens with zero attached hydrogens (tertiary/aromatic N) is 2. The van der Waals surface area contributed by atoms with Gasteiger partial charge in [-0.05, 0) is 6.92 Å². The third-order valence-corrected chi connectivity index (χ3v) is 2.03. The van der Waals surface area contributed by atoms with Crippen molar-refractivity contribution in [3.05, 3.63) is 17.6 Å². The number of carbonyl (C=O) groups excluding carboxylic acids is 1. The van der Waals surface area contributed by atoms with E-state index in [1.807, 2.05) is 0 Å². The van der Waals surface area contributed by atoms with Gasteiger partial charge in [-0.1, -0.05) is 15.9 Å². The first-order valence-corrected chi connectivity index (χ1v) is 4.91. The summed E-state index contributed by atoms with van der Waals surface area (Å²) in [4.78, 5) is 18.9. The zero-order chi connectivity index (χ0) is 9.84. The molecule has 0 unspecified atom stereocenters. The maximum absolute atomic E-state index is 10.8. The summed E-state index contributed by atoms with van der Waals surface area (Å²) < 4.78 is 0. The quantitative estimate of drug-likeness (QED) is 0.804. The minimum absolute atomic E-state index is 0.125. The summed E-state index contributed by atoms with van der Waals surface area (Å²) in [7, 11) is 0. The van der Waals surface area contributed by atoms with E-state index in [0.717, 1.165) is 5.56 Å². The van der Waals surface area contributed by atoms with Crippen molar-refractivity contribution in [2.45, 2.75) is 19.2 Å². The highest BCUT2D eigenvalue weighted by Gasteiger charge is 2.05. The van der Waals surface area contributed by atoms with Crippen LogP contribution in [0.5, 0.6) is 0 Å². The van der Waals surface area contributed by atoms with E-state index in [1.165, 1.54) is 6.92 Å². The van der Waals surface area contributed by atoms with E-state index in [2.05, 4.69) is 31.2 Å². The summed E-state index contributed by atoms with van der Waals surface area (Å²) in [6, 6.07) is 0. The number of nitrogens with one attached hydrogen (secondary N) is 1. The molecule has 0 aliphatic carbocycles. The molecule has 1 rings (SSSR count). The lowest BCUT2D eigenvalue weighted by Gasteiger charge is -2.06. The monoisotopic (exact) mass is 243 g/mol. The van der Waals surface area contributed by atoms with Crippen LogP contribution in [0.1, 0.15) is 18.3 Å². The van der Waals surface area contributed by atoms with Crippen LogP contribution >= 0.6 is 15.9 Å².